The fraction of sp³-hybridized carbons (Fsp3) is 0.0833. The lowest BCUT2D eigenvalue weighted by atomic mass is 10.2. The molecule has 0 fully saturated rings. The number of hydrogen-bond donors (Lipinski definition) is 2. The zero-order valence-corrected chi connectivity index (χ0v) is 10.3. The number of carbonyl (C=O) groups excluding carboxylic acids is 1. The van der Waals surface area contributed by atoms with Gasteiger partial charge in [-0.2, -0.15) is 0 Å². The molecule has 0 radical (unpaired) electrons. The Hall–Kier alpha value is -2.21. The van der Waals surface area contributed by atoms with Crippen molar-refractivity contribution in [1.29, 1.82) is 0 Å². The van der Waals surface area contributed by atoms with Gasteiger partial charge in [-0.3, -0.25) is 10.1 Å². The van der Waals surface area contributed by atoms with Gasteiger partial charge in [-0.1, -0.05) is 17.4 Å². The number of nitrogens with one attached hydrogen (secondary N) is 1. The van der Waals surface area contributed by atoms with Crippen LogP contribution in [0.4, 0.5) is 5.13 Å². The maximum absolute atomic E-state index is 11.4. The van der Waals surface area contributed by atoms with E-state index in [1.807, 2.05) is 25.1 Å². The van der Waals surface area contributed by atoms with Gasteiger partial charge in [0.2, 0.25) is 5.91 Å². The van der Waals surface area contributed by atoms with E-state index >= 15 is 0 Å². The van der Waals surface area contributed by atoms with E-state index in [1.54, 1.807) is 0 Å². The number of aromatic nitrogens is 1. The first kappa shape index (κ1) is 12.3. The van der Waals surface area contributed by atoms with Crippen LogP contribution in [-0.4, -0.2) is 22.0 Å². The van der Waals surface area contributed by atoms with Crippen molar-refractivity contribution in [3.63, 3.8) is 0 Å². The number of carboxylic acid groups (broad SMARTS) is 1. The van der Waals surface area contributed by atoms with Crippen LogP contribution in [0.3, 0.4) is 0 Å². The molecular formula is C12H10N2O3S. The van der Waals surface area contributed by atoms with E-state index in [2.05, 4.69) is 10.3 Å². The standard InChI is InChI=1S/C12H10N2O3S/c1-7-2-3-8-9(6-7)18-12(13-8)14-10(15)4-5-11(16)17/h2-6H,1H3,(H,16,17)(H,13,14,15)/b5-4-. The van der Waals surface area contributed by atoms with Crippen LogP contribution in [0.2, 0.25) is 0 Å². The number of anilines is 1. The number of aryl methyl sites for hydroxylation is 1. The number of hydrogen-bond acceptors (Lipinski definition) is 4. The summed E-state index contributed by atoms with van der Waals surface area (Å²) in [5, 5.41) is 11.4. The highest BCUT2D eigenvalue weighted by Crippen LogP contribution is 2.26. The summed E-state index contributed by atoms with van der Waals surface area (Å²) in [5.41, 5.74) is 1.93. The number of carboxylic acids is 1. The molecule has 92 valence electrons. The summed E-state index contributed by atoms with van der Waals surface area (Å²) in [4.78, 5) is 25.8. The van der Waals surface area contributed by atoms with Crippen LogP contribution in [0, 0.1) is 6.92 Å². The molecule has 18 heavy (non-hydrogen) atoms. The predicted octanol–water partition coefficient (Wildman–Crippen LogP) is 2.18. The number of fused-ring (bicyclic) bond motifs is 1. The number of benzene rings is 1. The van der Waals surface area contributed by atoms with E-state index in [-0.39, 0.29) is 0 Å². The molecule has 5 nitrogen and oxygen atoms in total. The number of rotatable bonds is 3. The molecule has 1 aromatic carbocycles. The van der Waals surface area contributed by atoms with Crippen molar-refractivity contribution in [2.24, 2.45) is 0 Å². The zero-order chi connectivity index (χ0) is 13.1. The van der Waals surface area contributed by atoms with E-state index < -0.39 is 11.9 Å². The topological polar surface area (TPSA) is 79.3 Å². The minimum Gasteiger partial charge on any atom is -0.478 e. The van der Waals surface area contributed by atoms with Gasteiger partial charge in [0, 0.05) is 12.2 Å². The number of nitrogens with zero attached hydrogens (tertiary/aromatic N) is 1. The SMILES string of the molecule is Cc1ccc2nc(NC(=O)/C=C\C(=O)O)sc2c1. The van der Waals surface area contributed by atoms with Crippen LogP contribution in [0.25, 0.3) is 10.2 Å². The van der Waals surface area contributed by atoms with Crippen molar-refractivity contribution in [3.8, 4) is 0 Å². The van der Waals surface area contributed by atoms with Crippen molar-refractivity contribution < 1.29 is 14.7 Å². The lowest BCUT2D eigenvalue weighted by molar-refractivity contribution is -0.131. The molecule has 2 rings (SSSR count). The molecule has 0 atom stereocenters. The number of carbonyl (C=O) groups is 2. The summed E-state index contributed by atoms with van der Waals surface area (Å²) in [5.74, 6) is -1.67. The first-order valence-electron chi connectivity index (χ1n) is 5.14. The molecule has 1 heterocycles. The Morgan fingerprint density at radius 1 is 1.39 bits per heavy atom. The molecule has 0 aliphatic heterocycles. The van der Waals surface area contributed by atoms with Gasteiger partial charge in [-0.25, -0.2) is 9.78 Å². The summed E-state index contributed by atoms with van der Waals surface area (Å²) >= 11 is 1.35. The van der Waals surface area contributed by atoms with Crippen molar-refractivity contribution >= 4 is 38.6 Å². The number of thiazole rings is 1. The molecule has 0 aliphatic rings. The zero-order valence-electron chi connectivity index (χ0n) is 9.51. The van der Waals surface area contributed by atoms with Gasteiger partial charge < -0.3 is 5.11 Å². The van der Waals surface area contributed by atoms with Crippen molar-refractivity contribution in [2.75, 3.05) is 5.32 Å². The molecule has 2 N–H and O–H groups in total. The first-order chi connectivity index (χ1) is 8.54. The monoisotopic (exact) mass is 262 g/mol. The molecule has 0 unspecified atom stereocenters. The summed E-state index contributed by atoms with van der Waals surface area (Å²) in [6.45, 7) is 1.98. The molecule has 6 heteroatoms. The van der Waals surface area contributed by atoms with Gasteiger partial charge in [0.05, 0.1) is 10.2 Å². The third kappa shape index (κ3) is 2.92. The smallest absolute Gasteiger partial charge is 0.328 e. The number of amides is 1. The molecular weight excluding hydrogens is 252 g/mol. The summed E-state index contributed by atoms with van der Waals surface area (Å²) in [6, 6.07) is 5.80. The average molecular weight is 262 g/mol. The van der Waals surface area contributed by atoms with E-state index in [4.69, 9.17) is 5.11 Å². The van der Waals surface area contributed by atoms with E-state index in [0.29, 0.717) is 5.13 Å². The number of aliphatic carboxylic acids is 1. The second-order valence-electron chi connectivity index (χ2n) is 3.65. The lowest BCUT2D eigenvalue weighted by Crippen LogP contribution is -2.08. The molecule has 2 aromatic rings. The van der Waals surface area contributed by atoms with Crippen LogP contribution in [0.1, 0.15) is 5.56 Å². The predicted molar refractivity (Wildman–Crippen MR) is 69.8 cm³/mol. The Kier molecular flexibility index (Phi) is 3.38. The van der Waals surface area contributed by atoms with Gasteiger partial charge in [0.15, 0.2) is 5.13 Å². The van der Waals surface area contributed by atoms with Crippen LogP contribution in [0.15, 0.2) is 30.4 Å². The molecule has 0 saturated carbocycles. The molecule has 0 saturated heterocycles. The molecule has 0 spiro atoms. The molecule has 0 aliphatic carbocycles. The van der Waals surface area contributed by atoms with E-state index in [9.17, 15) is 9.59 Å². The molecule has 1 amide bonds. The summed E-state index contributed by atoms with van der Waals surface area (Å²) in [6.07, 6.45) is 1.74. The molecule has 1 aromatic heterocycles. The second-order valence-corrected chi connectivity index (χ2v) is 4.68. The fourth-order valence-corrected chi connectivity index (χ4v) is 2.35. The van der Waals surface area contributed by atoms with Gasteiger partial charge in [0.25, 0.3) is 0 Å². The van der Waals surface area contributed by atoms with Gasteiger partial charge >= 0.3 is 5.97 Å². The van der Waals surface area contributed by atoms with Gasteiger partial charge in [-0.15, -0.1) is 0 Å². The summed E-state index contributed by atoms with van der Waals surface area (Å²) in [7, 11) is 0. The first-order valence-corrected chi connectivity index (χ1v) is 5.95. The largest absolute Gasteiger partial charge is 0.478 e. The highest BCUT2D eigenvalue weighted by molar-refractivity contribution is 7.22. The average Bonchev–Trinajstić information content (AvgIpc) is 2.67. The third-order valence-corrected chi connectivity index (χ3v) is 3.08. The van der Waals surface area contributed by atoms with E-state index in [1.165, 1.54) is 11.3 Å². The maximum Gasteiger partial charge on any atom is 0.328 e. The van der Waals surface area contributed by atoms with Crippen molar-refractivity contribution in [1.82, 2.24) is 4.98 Å². The minimum absolute atomic E-state index is 0.454. The molecule has 0 bridgehead atoms. The van der Waals surface area contributed by atoms with Crippen LogP contribution < -0.4 is 5.32 Å². The summed E-state index contributed by atoms with van der Waals surface area (Å²) < 4.78 is 0.979. The maximum atomic E-state index is 11.4. The minimum atomic E-state index is -1.16. The Morgan fingerprint density at radius 2 is 2.17 bits per heavy atom. The highest BCUT2D eigenvalue weighted by Gasteiger charge is 2.06. The van der Waals surface area contributed by atoms with Crippen molar-refractivity contribution in [2.45, 2.75) is 6.92 Å². The van der Waals surface area contributed by atoms with Crippen LogP contribution >= 0.6 is 11.3 Å². The van der Waals surface area contributed by atoms with Crippen LogP contribution in [-0.2, 0) is 9.59 Å². The highest BCUT2D eigenvalue weighted by atomic mass is 32.1. The lowest BCUT2D eigenvalue weighted by Gasteiger charge is -1.93. The Labute approximate surface area is 107 Å². The fourth-order valence-electron chi connectivity index (χ4n) is 1.38. The Morgan fingerprint density at radius 3 is 2.89 bits per heavy atom. The third-order valence-electron chi connectivity index (χ3n) is 2.15. The van der Waals surface area contributed by atoms with Gasteiger partial charge in [-0.05, 0) is 24.6 Å². The quantitative estimate of drug-likeness (QED) is 0.831. The van der Waals surface area contributed by atoms with E-state index in [0.717, 1.165) is 27.9 Å². The Balaban J connectivity index is 2.17. The van der Waals surface area contributed by atoms with Crippen LogP contribution in [0.5, 0.6) is 0 Å². The second kappa shape index (κ2) is 4.97. The van der Waals surface area contributed by atoms with Crippen molar-refractivity contribution in [3.05, 3.63) is 35.9 Å². The normalized spacial score (nSPS) is 10.9. The van der Waals surface area contributed by atoms with Gasteiger partial charge in [0.1, 0.15) is 0 Å². The Bertz CT molecular complexity index is 646.